The number of fused-ring (bicyclic) bond motifs is 1. The Morgan fingerprint density at radius 3 is 2.18 bits per heavy atom. The number of carbonyl (C=O) groups excluding carboxylic acids is 4. The van der Waals surface area contributed by atoms with Crippen LogP contribution in [-0.4, -0.2) is 60.3 Å². The highest BCUT2D eigenvalue weighted by molar-refractivity contribution is 5.95. The zero-order chi connectivity index (χ0) is 32.2. The summed E-state index contributed by atoms with van der Waals surface area (Å²) in [6.07, 6.45) is 7.07. The average Bonchev–Trinajstić information content (AvgIpc) is 3.47. The van der Waals surface area contributed by atoms with E-state index < -0.39 is 41.9 Å². The molecule has 2 aromatic rings. The standard InChI is InChI=1S/C33H46N8O4/c34-29(42)26(18-21-10-3-1-4-11-21)40-30(43)25(16-9-17-37-33(35)36)39-31(44)27(19-22-12-5-2-6-13-22)41-32(45)28-20-23-14-7-8-15-24(23)38-28/h1,3-4,7-8,10-11,14-15,22,25-28,38H,2,5-6,9,12-13,16-20H2,(H2,34,42)(H,39,44)(H,40,43)(H,41,45)(H4,35,36,37)/t25-,26-,27-,28?/m0/s1. The molecule has 2 aromatic carbocycles. The molecule has 1 unspecified atom stereocenters. The predicted molar refractivity (Wildman–Crippen MR) is 174 cm³/mol. The van der Waals surface area contributed by atoms with Crippen LogP contribution in [0.15, 0.2) is 59.6 Å². The van der Waals surface area contributed by atoms with E-state index in [0.717, 1.165) is 48.9 Å². The lowest BCUT2D eigenvalue weighted by molar-refractivity contribution is -0.133. The highest BCUT2D eigenvalue weighted by atomic mass is 16.2. The first kappa shape index (κ1) is 33.3. The quantitative estimate of drug-likeness (QED) is 0.0882. The summed E-state index contributed by atoms with van der Waals surface area (Å²) in [7, 11) is 0. The first-order chi connectivity index (χ1) is 21.7. The lowest BCUT2D eigenvalue weighted by Gasteiger charge is -2.29. The lowest BCUT2D eigenvalue weighted by Crippen LogP contribution is -2.58. The van der Waals surface area contributed by atoms with Crippen molar-refractivity contribution in [3.05, 3.63) is 65.7 Å². The highest BCUT2D eigenvalue weighted by Gasteiger charge is 2.34. The van der Waals surface area contributed by atoms with Crippen LogP contribution >= 0.6 is 0 Å². The molecule has 0 radical (unpaired) electrons. The molecule has 1 aliphatic carbocycles. The van der Waals surface area contributed by atoms with Gasteiger partial charge in [0.15, 0.2) is 5.96 Å². The van der Waals surface area contributed by atoms with Crippen LogP contribution in [-0.2, 0) is 32.0 Å². The van der Waals surface area contributed by atoms with Crippen LogP contribution in [0.4, 0.5) is 5.69 Å². The molecule has 2 aliphatic rings. The molecule has 12 nitrogen and oxygen atoms in total. The van der Waals surface area contributed by atoms with Crippen LogP contribution in [0, 0.1) is 5.92 Å². The van der Waals surface area contributed by atoms with Gasteiger partial charge in [-0.1, -0.05) is 80.6 Å². The normalized spacial score (nSPS) is 17.9. The third-order valence-corrected chi connectivity index (χ3v) is 8.54. The summed E-state index contributed by atoms with van der Waals surface area (Å²) in [4.78, 5) is 57.2. The second-order valence-corrected chi connectivity index (χ2v) is 12.0. The SMILES string of the molecule is NC(=O)[C@H](Cc1ccccc1)NC(=O)[C@H](CCCN=C(N)N)NC(=O)[C@H](CC1CCCCC1)NC(=O)C1Cc2ccccc2N1. The molecular weight excluding hydrogens is 572 g/mol. The predicted octanol–water partition coefficient (Wildman–Crippen LogP) is 1.23. The maximum absolute atomic E-state index is 13.9. The Morgan fingerprint density at radius 2 is 1.49 bits per heavy atom. The second-order valence-electron chi connectivity index (χ2n) is 12.0. The van der Waals surface area contributed by atoms with E-state index in [-0.39, 0.29) is 37.2 Å². The second kappa shape index (κ2) is 16.5. The number of hydrogen-bond donors (Lipinski definition) is 7. The molecule has 4 atom stereocenters. The lowest BCUT2D eigenvalue weighted by atomic mass is 9.84. The molecule has 10 N–H and O–H groups in total. The van der Waals surface area contributed by atoms with Crippen molar-refractivity contribution in [1.29, 1.82) is 0 Å². The van der Waals surface area contributed by atoms with Gasteiger partial charge in [0.05, 0.1) is 0 Å². The number of anilines is 1. The first-order valence-corrected chi connectivity index (χ1v) is 15.8. The summed E-state index contributed by atoms with van der Waals surface area (Å²) in [5, 5.41) is 11.8. The number of rotatable bonds is 15. The van der Waals surface area contributed by atoms with Gasteiger partial charge >= 0.3 is 0 Å². The van der Waals surface area contributed by atoms with E-state index in [4.69, 9.17) is 17.2 Å². The largest absolute Gasteiger partial charge is 0.373 e. The summed E-state index contributed by atoms with van der Waals surface area (Å²) in [5.41, 5.74) is 19.3. The fourth-order valence-electron chi connectivity index (χ4n) is 6.11. The average molecular weight is 619 g/mol. The Morgan fingerprint density at radius 1 is 0.822 bits per heavy atom. The van der Waals surface area contributed by atoms with Crippen LogP contribution in [0.5, 0.6) is 0 Å². The van der Waals surface area contributed by atoms with E-state index in [9.17, 15) is 19.2 Å². The van der Waals surface area contributed by atoms with Crippen molar-refractivity contribution in [1.82, 2.24) is 16.0 Å². The Balaban J connectivity index is 1.47. The topological polar surface area (TPSA) is 207 Å². The van der Waals surface area contributed by atoms with Crippen LogP contribution in [0.25, 0.3) is 0 Å². The molecule has 0 aromatic heterocycles. The number of benzene rings is 2. The monoisotopic (exact) mass is 618 g/mol. The van der Waals surface area contributed by atoms with Crippen LogP contribution in [0.3, 0.4) is 0 Å². The summed E-state index contributed by atoms with van der Waals surface area (Å²) in [5.74, 6) is -1.76. The van der Waals surface area contributed by atoms with Gasteiger partial charge in [-0.05, 0) is 42.4 Å². The number of nitrogens with zero attached hydrogens (tertiary/aromatic N) is 1. The minimum atomic E-state index is -1.01. The molecule has 0 bridgehead atoms. The Hall–Kier alpha value is -4.61. The van der Waals surface area contributed by atoms with Crippen molar-refractivity contribution in [2.75, 3.05) is 11.9 Å². The van der Waals surface area contributed by atoms with Crippen molar-refractivity contribution in [3.8, 4) is 0 Å². The van der Waals surface area contributed by atoms with E-state index in [1.165, 1.54) is 0 Å². The van der Waals surface area contributed by atoms with Crippen molar-refractivity contribution < 1.29 is 19.2 Å². The van der Waals surface area contributed by atoms with Gasteiger partial charge < -0.3 is 38.5 Å². The van der Waals surface area contributed by atoms with Gasteiger partial charge in [0.1, 0.15) is 24.2 Å². The molecule has 0 spiro atoms. The fraction of sp³-hybridized carbons (Fsp3) is 0.485. The number of guanidine groups is 1. The molecule has 12 heteroatoms. The van der Waals surface area contributed by atoms with E-state index in [1.807, 2.05) is 54.6 Å². The van der Waals surface area contributed by atoms with Crippen molar-refractivity contribution in [2.24, 2.45) is 28.1 Å². The smallest absolute Gasteiger partial charge is 0.243 e. The number of nitrogens with two attached hydrogens (primary N) is 3. The Kier molecular flexibility index (Phi) is 12.2. The van der Waals surface area contributed by atoms with Crippen LogP contribution in [0.1, 0.15) is 62.5 Å². The fourth-order valence-corrected chi connectivity index (χ4v) is 6.11. The van der Waals surface area contributed by atoms with E-state index in [2.05, 4.69) is 26.3 Å². The zero-order valence-corrected chi connectivity index (χ0v) is 25.7. The van der Waals surface area contributed by atoms with Crippen LogP contribution in [0.2, 0.25) is 0 Å². The van der Waals surface area contributed by atoms with E-state index in [0.29, 0.717) is 19.3 Å². The summed E-state index contributed by atoms with van der Waals surface area (Å²) < 4.78 is 0. The molecule has 4 amide bonds. The highest BCUT2D eigenvalue weighted by Crippen LogP contribution is 2.28. The maximum Gasteiger partial charge on any atom is 0.243 e. The number of hydrogen-bond acceptors (Lipinski definition) is 6. The Bertz CT molecular complexity index is 1320. The van der Waals surface area contributed by atoms with E-state index >= 15 is 0 Å². The molecule has 1 fully saturated rings. The first-order valence-electron chi connectivity index (χ1n) is 15.8. The van der Waals surface area contributed by atoms with E-state index in [1.54, 1.807) is 0 Å². The number of para-hydroxylation sites is 1. The van der Waals surface area contributed by atoms with Crippen molar-refractivity contribution in [3.63, 3.8) is 0 Å². The number of aliphatic imine (C=N–C) groups is 1. The van der Waals surface area contributed by atoms with Gasteiger partial charge in [-0.15, -0.1) is 0 Å². The summed E-state index contributed by atoms with van der Waals surface area (Å²) in [6, 6.07) is 13.6. The number of carbonyl (C=O) groups is 4. The van der Waals surface area contributed by atoms with Crippen LogP contribution < -0.4 is 38.5 Å². The molecular formula is C33H46N8O4. The zero-order valence-electron chi connectivity index (χ0n) is 25.7. The number of nitrogens with one attached hydrogen (secondary N) is 4. The van der Waals surface area contributed by atoms with Gasteiger partial charge in [-0.25, -0.2) is 0 Å². The van der Waals surface area contributed by atoms with Gasteiger partial charge in [0.25, 0.3) is 0 Å². The van der Waals surface area contributed by atoms with Gasteiger partial charge in [0, 0.05) is 25.1 Å². The molecule has 4 rings (SSSR count). The number of amides is 4. The Labute approximate surface area is 264 Å². The van der Waals surface area contributed by atoms with Crippen molar-refractivity contribution >= 4 is 35.3 Å². The molecule has 45 heavy (non-hydrogen) atoms. The van der Waals surface area contributed by atoms with Gasteiger partial charge in [0.2, 0.25) is 23.6 Å². The molecule has 1 aliphatic heterocycles. The molecule has 1 saturated carbocycles. The molecule has 0 saturated heterocycles. The molecule has 242 valence electrons. The maximum atomic E-state index is 13.9. The third-order valence-electron chi connectivity index (χ3n) is 8.54. The van der Waals surface area contributed by atoms with Crippen molar-refractivity contribution in [2.45, 2.75) is 88.4 Å². The third kappa shape index (κ3) is 10.2. The minimum absolute atomic E-state index is 0.0744. The summed E-state index contributed by atoms with van der Waals surface area (Å²) >= 11 is 0. The van der Waals surface area contributed by atoms with Gasteiger partial charge in [-0.3, -0.25) is 24.2 Å². The minimum Gasteiger partial charge on any atom is -0.373 e. The molecule has 1 heterocycles. The van der Waals surface area contributed by atoms with Gasteiger partial charge in [-0.2, -0.15) is 0 Å². The summed E-state index contributed by atoms with van der Waals surface area (Å²) in [6.45, 7) is 0.251. The number of primary amides is 1.